The minimum absolute atomic E-state index is 0.341. The Labute approximate surface area is 117 Å². The van der Waals surface area contributed by atoms with E-state index in [-0.39, 0.29) is 5.97 Å². The van der Waals surface area contributed by atoms with E-state index < -0.39 is 0 Å². The number of aryl methyl sites for hydroxylation is 1. The first-order valence-electron chi connectivity index (χ1n) is 6.17. The van der Waals surface area contributed by atoms with Crippen molar-refractivity contribution < 1.29 is 9.53 Å². The molecule has 0 saturated heterocycles. The molecule has 0 aliphatic carbocycles. The summed E-state index contributed by atoms with van der Waals surface area (Å²) in [4.78, 5) is 12.9. The van der Waals surface area contributed by atoms with Crippen LogP contribution < -0.4 is 5.73 Å². The first-order valence-corrected chi connectivity index (χ1v) is 6.99. The van der Waals surface area contributed by atoms with Gasteiger partial charge in [0.15, 0.2) is 0 Å². The van der Waals surface area contributed by atoms with E-state index in [4.69, 9.17) is 10.5 Å². The Kier molecular flexibility index (Phi) is 3.90. The van der Waals surface area contributed by atoms with Gasteiger partial charge in [0, 0.05) is 4.88 Å². The molecule has 0 amide bonds. The van der Waals surface area contributed by atoms with Crippen molar-refractivity contribution in [2.75, 3.05) is 12.3 Å². The van der Waals surface area contributed by atoms with Gasteiger partial charge in [-0.15, -0.1) is 11.3 Å². The number of ether oxygens (including phenoxy) is 1. The molecular formula is C15H17NO2S. The molecule has 0 aliphatic heterocycles. The Hall–Kier alpha value is -1.81. The number of nitrogen functional groups attached to an aromatic ring is 1. The number of esters is 1. The molecule has 1 aromatic heterocycles. The molecule has 0 radical (unpaired) electrons. The fraction of sp³-hybridized carbons (Fsp3) is 0.267. The third-order valence-electron chi connectivity index (χ3n) is 2.97. The number of benzene rings is 1. The molecule has 3 nitrogen and oxygen atoms in total. The average Bonchev–Trinajstić information content (AvgIpc) is 2.66. The minimum atomic E-state index is -0.341. The largest absolute Gasteiger partial charge is 0.462 e. The first-order chi connectivity index (χ1) is 9.04. The second kappa shape index (κ2) is 5.45. The average molecular weight is 275 g/mol. The fourth-order valence-corrected chi connectivity index (χ4v) is 3.04. The van der Waals surface area contributed by atoms with E-state index in [1.807, 2.05) is 26.0 Å². The maximum atomic E-state index is 11.9. The zero-order valence-electron chi connectivity index (χ0n) is 11.3. The topological polar surface area (TPSA) is 52.3 Å². The summed E-state index contributed by atoms with van der Waals surface area (Å²) >= 11 is 1.43. The van der Waals surface area contributed by atoms with Crippen LogP contribution in [0.2, 0.25) is 0 Å². The molecule has 1 aromatic carbocycles. The summed E-state index contributed by atoms with van der Waals surface area (Å²) in [5, 5.41) is 0.520. The summed E-state index contributed by atoms with van der Waals surface area (Å²) in [5.74, 6) is -0.341. The molecule has 2 rings (SSSR count). The van der Waals surface area contributed by atoms with Gasteiger partial charge in [-0.05, 0) is 31.9 Å². The van der Waals surface area contributed by atoms with E-state index in [9.17, 15) is 4.79 Å². The van der Waals surface area contributed by atoms with Crippen molar-refractivity contribution in [1.82, 2.24) is 0 Å². The SMILES string of the molecule is CCOC(=O)c1c(N)sc(-c2ccc(C)cc2)c1C. The summed E-state index contributed by atoms with van der Waals surface area (Å²) in [6.07, 6.45) is 0. The highest BCUT2D eigenvalue weighted by Gasteiger charge is 2.21. The lowest BCUT2D eigenvalue weighted by atomic mass is 10.1. The van der Waals surface area contributed by atoms with Crippen molar-refractivity contribution in [3.63, 3.8) is 0 Å². The quantitative estimate of drug-likeness (QED) is 0.867. The van der Waals surface area contributed by atoms with Gasteiger partial charge in [0.05, 0.1) is 12.2 Å². The van der Waals surface area contributed by atoms with Crippen LogP contribution in [0.5, 0.6) is 0 Å². The maximum Gasteiger partial charge on any atom is 0.341 e. The molecule has 19 heavy (non-hydrogen) atoms. The third kappa shape index (κ3) is 2.63. The van der Waals surface area contributed by atoms with Crippen LogP contribution in [0.1, 0.15) is 28.4 Å². The molecule has 2 aromatic rings. The number of hydrogen-bond donors (Lipinski definition) is 1. The maximum absolute atomic E-state index is 11.9. The van der Waals surface area contributed by atoms with Crippen LogP contribution in [0, 0.1) is 13.8 Å². The van der Waals surface area contributed by atoms with Crippen molar-refractivity contribution >= 4 is 22.3 Å². The van der Waals surface area contributed by atoms with E-state index in [2.05, 4.69) is 12.1 Å². The predicted octanol–water partition coefficient (Wildman–Crippen LogP) is 3.79. The van der Waals surface area contributed by atoms with Gasteiger partial charge in [0.2, 0.25) is 0 Å². The van der Waals surface area contributed by atoms with Gasteiger partial charge >= 0.3 is 5.97 Å². The third-order valence-corrected chi connectivity index (χ3v) is 4.14. The molecule has 0 aliphatic rings. The minimum Gasteiger partial charge on any atom is -0.462 e. The van der Waals surface area contributed by atoms with Gasteiger partial charge in [0.25, 0.3) is 0 Å². The number of rotatable bonds is 3. The van der Waals surface area contributed by atoms with Gasteiger partial charge in [-0.3, -0.25) is 0 Å². The second-order valence-corrected chi connectivity index (χ2v) is 5.43. The number of nitrogens with two attached hydrogens (primary N) is 1. The van der Waals surface area contributed by atoms with E-state index in [0.717, 1.165) is 16.0 Å². The van der Waals surface area contributed by atoms with Crippen LogP contribution >= 0.6 is 11.3 Å². The number of carbonyl (C=O) groups excluding carboxylic acids is 1. The molecule has 0 unspecified atom stereocenters. The Morgan fingerprint density at radius 3 is 2.47 bits per heavy atom. The molecule has 1 heterocycles. The van der Waals surface area contributed by atoms with Crippen LogP contribution in [0.25, 0.3) is 10.4 Å². The van der Waals surface area contributed by atoms with Crippen molar-refractivity contribution in [3.8, 4) is 10.4 Å². The standard InChI is InChI=1S/C15H17NO2S/c1-4-18-15(17)12-10(3)13(19-14(12)16)11-7-5-9(2)6-8-11/h5-8H,4,16H2,1-3H3. The monoisotopic (exact) mass is 275 g/mol. The zero-order valence-corrected chi connectivity index (χ0v) is 12.1. The van der Waals surface area contributed by atoms with Gasteiger partial charge in [0.1, 0.15) is 5.00 Å². The smallest absolute Gasteiger partial charge is 0.341 e. The fourth-order valence-electron chi connectivity index (χ4n) is 1.97. The van der Waals surface area contributed by atoms with Crippen LogP contribution in [0.4, 0.5) is 5.00 Å². The summed E-state index contributed by atoms with van der Waals surface area (Å²) in [5.41, 5.74) is 9.64. The van der Waals surface area contributed by atoms with Crippen molar-refractivity contribution in [2.45, 2.75) is 20.8 Å². The Bertz CT molecular complexity index is 599. The van der Waals surface area contributed by atoms with E-state index in [1.165, 1.54) is 16.9 Å². The van der Waals surface area contributed by atoms with Crippen molar-refractivity contribution in [2.24, 2.45) is 0 Å². The lowest BCUT2D eigenvalue weighted by Gasteiger charge is -2.03. The Morgan fingerprint density at radius 2 is 1.89 bits per heavy atom. The van der Waals surface area contributed by atoms with Crippen LogP contribution in [-0.2, 0) is 4.74 Å². The normalized spacial score (nSPS) is 10.5. The van der Waals surface area contributed by atoms with Crippen molar-refractivity contribution in [1.29, 1.82) is 0 Å². The molecule has 0 bridgehead atoms. The number of carbonyl (C=O) groups is 1. The first kappa shape index (κ1) is 13.6. The molecule has 0 saturated carbocycles. The van der Waals surface area contributed by atoms with Gasteiger partial charge in [-0.2, -0.15) is 0 Å². The summed E-state index contributed by atoms with van der Waals surface area (Å²) in [6, 6.07) is 8.19. The second-order valence-electron chi connectivity index (χ2n) is 4.38. The number of thiophene rings is 1. The Morgan fingerprint density at radius 1 is 1.26 bits per heavy atom. The lowest BCUT2D eigenvalue weighted by Crippen LogP contribution is -2.07. The molecule has 0 fully saturated rings. The zero-order chi connectivity index (χ0) is 14.0. The predicted molar refractivity (Wildman–Crippen MR) is 79.6 cm³/mol. The van der Waals surface area contributed by atoms with E-state index in [0.29, 0.717) is 17.2 Å². The highest BCUT2D eigenvalue weighted by molar-refractivity contribution is 7.19. The van der Waals surface area contributed by atoms with Gasteiger partial charge < -0.3 is 10.5 Å². The van der Waals surface area contributed by atoms with E-state index >= 15 is 0 Å². The van der Waals surface area contributed by atoms with Crippen molar-refractivity contribution in [3.05, 3.63) is 41.0 Å². The van der Waals surface area contributed by atoms with Crippen LogP contribution in [0.3, 0.4) is 0 Å². The van der Waals surface area contributed by atoms with Gasteiger partial charge in [-0.1, -0.05) is 29.8 Å². The van der Waals surface area contributed by atoms with Gasteiger partial charge in [-0.25, -0.2) is 4.79 Å². The number of anilines is 1. The van der Waals surface area contributed by atoms with Crippen LogP contribution in [-0.4, -0.2) is 12.6 Å². The van der Waals surface area contributed by atoms with E-state index in [1.54, 1.807) is 6.92 Å². The summed E-state index contributed by atoms with van der Waals surface area (Å²) in [6.45, 7) is 6.10. The molecule has 0 spiro atoms. The highest BCUT2D eigenvalue weighted by atomic mass is 32.1. The molecule has 2 N–H and O–H groups in total. The number of hydrogen-bond acceptors (Lipinski definition) is 4. The molecular weight excluding hydrogens is 258 g/mol. The summed E-state index contributed by atoms with van der Waals surface area (Å²) < 4.78 is 5.05. The molecule has 100 valence electrons. The highest BCUT2D eigenvalue weighted by Crippen LogP contribution is 2.38. The molecule has 4 heteroatoms. The lowest BCUT2D eigenvalue weighted by molar-refractivity contribution is 0.0527. The molecule has 0 atom stereocenters. The van der Waals surface area contributed by atoms with Crippen LogP contribution in [0.15, 0.2) is 24.3 Å². The Balaban J connectivity index is 2.46. The summed E-state index contributed by atoms with van der Waals surface area (Å²) in [7, 11) is 0.